The number of phenols is 1. The number of carbonyl (C=O) groups excluding carboxylic acids is 4. The number of rotatable bonds is 9. The first-order valence-corrected chi connectivity index (χ1v) is 23.2. The lowest BCUT2D eigenvalue weighted by Crippen LogP contribution is -2.57. The average molecular weight is 899 g/mol. The van der Waals surface area contributed by atoms with Crippen molar-refractivity contribution in [1.29, 1.82) is 0 Å². The Bertz CT molecular complexity index is 2770. The van der Waals surface area contributed by atoms with E-state index in [0.29, 0.717) is 61.4 Å². The van der Waals surface area contributed by atoms with Crippen LogP contribution in [0, 0.1) is 5.82 Å². The standard InChI is InChI=1S/C50H55FN8O7/c1-5-28-7-6-8-31-21-35(60)23-37(41(28)31)43-42(51)44-38(24-52-43)45(57-26-33-11-12-34(27-57)59(33)49(64)66-50(2,3)4)55-48(54-44)65-20-19-56-17-15-29(16-18-56)30-9-10-32-25-58(47(63)36(32)22-30)39-13-14-40(61)53-46(39)62/h6-10,21-24,29,33-34,39,60H,5,11-20,25-27H2,1-4H3,(H,53,61,62). The van der Waals surface area contributed by atoms with Gasteiger partial charge in [-0.25, -0.2) is 9.18 Å². The highest BCUT2D eigenvalue weighted by molar-refractivity contribution is 6.05. The third-order valence-electron chi connectivity index (χ3n) is 14.0. The highest BCUT2D eigenvalue weighted by atomic mass is 19.1. The fourth-order valence-electron chi connectivity index (χ4n) is 10.8. The summed E-state index contributed by atoms with van der Waals surface area (Å²) >= 11 is 0. The molecule has 4 amide bonds. The molecule has 16 heteroatoms. The van der Waals surface area contributed by atoms with Gasteiger partial charge in [0.2, 0.25) is 11.8 Å². The molecule has 7 heterocycles. The molecule has 3 aromatic carbocycles. The fourth-order valence-corrected chi connectivity index (χ4v) is 10.8. The molecule has 0 saturated carbocycles. The minimum Gasteiger partial charge on any atom is -0.508 e. The van der Waals surface area contributed by atoms with E-state index in [4.69, 9.17) is 24.4 Å². The van der Waals surface area contributed by atoms with Gasteiger partial charge in [0.1, 0.15) is 41.0 Å². The van der Waals surface area contributed by atoms with Gasteiger partial charge in [-0.1, -0.05) is 37.3 Å². The van der Waals surface area contributed by atoms with Gasteiger partial charge in [0, 0.05) is 49.9 Å². The number of nitrogens with zero attached hydrogens (tertiary/aromatic N) is 7. The Morgan fingerprint density at radius 3 is 2.45 bits per heavy atom. The summed E-state index contributed by atoms with van der Waals surface area (Å²) < 4.78 is 29.4. The van der Waals surface area contributed by atoms with Gasteiger partial charge in [0.25, 0.3) is 5.91 Å². The zero-order valence-corrected chi connectivity index (χ0v) is 37.8. The Hall–Kier alpha value is -6.42. The third kappa shape index (κ3) is 8.13. The summed E-state index contributed by atoms with van der Waals surface area (Å²) in [5, 5.41) is 15.2. The first kappa shape index (κ1) is 43.5. The molecule has 5 aliphatic heterocycles. The first-order valence-electron chi connectivity index (χ1n) is 23.2. The highest BCUT2D eigenvalue weighted by Gasteiger charge is 2.45. The van der Waals surface area contributed by atoms with Gasteiger partial charge >= 0.3 is 12.1 Å². The lowest BCUT2D eigenvalue weighted by molar-refractivity contribution is -0.136. The summed E-state index contributed by atoms with van der Waals surface area (Å²) in [7, 11) is 0. The zero-order chi connectivity index (χ0) is 46.0. The van der Waals surface area contributed by atoms with Crippen molar-refractivity contribution >= 4 is 51.3 Å². The molecular formula is C50H55FN8O7. The number of aryl methyl sites for hydroxylation is 1. The minimum atomic E-state index is -0.646. The number of ether oxygens (including phenoxy) is 2. The average Bonchev–Trinajstić information content (AvgIpc) is 3.76. The van der Waals surface area contributed by atoms with Crippen molar-refractivity contribution in [3.8, 4) is 23.0 Å². The summed E-state index contributed by atoms with van der Waals surface area (Å²) in [5.74, 6) is -0.795. The van der Waals surface area contributed by atoms with Crippen LogP contribution >= 0.6 is 0 Å². The maximum absolute atomic E-state index is 17.3. The van der Waals surface area contributed by atoms with Crippen molar-refractivity contribution in [3.63, 3.8) is 0 Å². The van der Waals surface area contributed by atoms with Crippen LogP contribution in [0.3, 0.4) is 0 Å². The highest BCUT2D eigenvalue weighted by Crippen LogP contribution is 2.41. The molecule has 0 spiro atoms. The number of nitrogens with one attached hydrogen (secondary N) is 1. The first-order chi connectivity index (χ1) is 31.7. The van der Waals surface area contributed by atoms with Crippen molar-refractivity contribution < 1.29 is 38.1 Å². The van der Waals surface area contributed by atoms with Gasteiger partial charge < -0.3 is 24.4 Å². The molecule has 2 aromatic heterocycles. The summed E-state index contributed by atoms with van der Waals surface area (Å²) in [5.41, 5.74) is 3.58. The Labute approximate surface area is 382 Å². The molecule has 3 unspecified atom stereocenters. The summed E-state index contributed by atoms with van der Waals surface area (Å²) in [4.78, 5) is 73.3. The second-order valence-corrected chi connectivity index (χ2v) is 19.3. The van der Waals surface area contributed by atoms with Crippen molar-refractivity contribution in [2.75, 3.05) is 44.2 Å². The van der Waals surface area contributed by atoms with E-state index in [9.17, 15) is 24.3 Å². The van der Waals surface area contributed by atoms with Crippen molar-refractivity contribution in [2.45, 2.75) is 109 Å². The largest absolute Gasteiger partial charge is 0.508 e. The van der Waals surface area contributed by atoms with E-state index < -0.39 is 23.4 Å². The molecule has 5 aliphatic rings. The van der Waals surface area contributed by atoms with E-state index in [1.165, 1.54) is 0 Å². The van der Waals surface area contributed by atoms with E-state index in [1.54, 1.807) is 23.2 Å². The predicted molar refractivity (Wildman–Crippen MR) is 245 cm³/mol. The van der Waals surface area contributed by atoms with Crippen LogP contribution in [0.25, 0.3) is 32.9 Å². The molecule has 0 radical (unpaired) electrons. The number of anilines is 1. The number of hydrogen-bond donors (Lipinski definition) is 2. The van der Waals surface area contributed by atoms with Gasteiger partial charge in [-0.05, 0) is 124 Å². The maximum Gasteiger partial charge on any atom is 0.410 e. The molecule has 5 aromatic rings. The number of benzene rings is 3. The lowest BCUT2D eigenvalue weighted by Gasteiger charge is -2.42. The van der Waals surface area contributed by atoms with E-state index in [-0.39, 0.29) is 71.9 Å². The summed E-state index contributed by atoms with van der Waals surface area (Å²) in [6.07, 6.45) is 5.88. The number of halogens is 1. The topological polar surface area (TPSA) is 171 Å². The Kier molecular flexibility index (Phi) is 11.3. The number of pyridine rings is 1. The van der Waals surface area contributed by atoms with Crippen molar-refractivity contribution in [3.05, 3.63) is 82.8 Å². The van der Waals surface area contributed by atoms with Crippen LogP contribution in [0.15, 0.2) is 54.7 Å². The molecule has 66 heavy (non-hydrogen) atoms. The van der Waals surface area contributed by atoms with Gasteiger partial charge in [-0.3, -0.25) is 34.5 Å². The molecule has 0 aliphatic carbocycles. The predicted octanol–water partition coefficient (Wildman–Crippen LogP) is 6.86. The lowest BCUT2D eigenvalue weighted by atomic mass is 9.88. The molecule has 344 valence electrons. The van der Waals surface area contributed by atoms with Gasteiger partial charge in [-0.2, -0.15) is 9.97 Å². The van der Waals surface area contributed by atoms with Gasteiger partial charge in [-0.15, -0.1) is 0 Å². The van der Waals surface area contributed by atoms with Crippen LogP contribution < -0.4 is 15.0 Å². The normalized spacial score (nSPS) is 21.5. The number of phenolic OH excluding ortho intramolecular Hbond substituents is 1. The van der Waals surface area contributed by atoms with Gasteiger partial charge in [0.15, 0.2) is 5.82 Å². The molecule has 3 atom stereocenters. The fraction of sp³-hybridized carbons (Fsp3) is 0.460. The van der Waals surface area contributed by atoms with Crippen LogP contribution in [-0.4, -0.2) is 122 Å². The van der Waals surface area contributed by atoms with E-state index >= 15 is 4.39 Å². The number of fused-ring (bicyclic) bond motifs is 5. The number of aromatic hydroxyl groups is 1. The maximum atomic E-state index is 17.3. The summed E-state index contributed by atoms with van der Waals surface area (Å²) in [6.45, 7) is 11.4. The number of likely N-dealkylation sites (tertiary alicyclic amines) is 1. The Morgan fingerprint density at radius 1 is 0.955 bits per heavy atom. The van der Waals surface area contributed by atoms with Crippen molar-refractivity contribution in [1.82, 2.24) is 35.0 Å². The molecule has 10 rings (SSSR count). The Morgan fingerprint density at radius 2 is 1.73 bits per heavy atom. The number of piperazine rings is 1. The van der Waals surface area contributed by atoms with Crippen LogP contribution in [-0.2, 0) is 27.3 Å². The van der Waals surface area contributed by atoms with E-state index in [0.717, 1.165) is 66.2 Å². The molecule has 4 saturated heterocycles. The molecule has 4 fully saturated rings. The van der Waals surface area contributed by atoms with Gasteiger partial charge in [0.05, 0.1) is 17.5 Å². The molecule has 15 nitrogen and oxygen atoms in total. The summed E-state index contributed by atoms with van der Waals surface area (Å²) in [6, 6.07) is 14.3. The second kappa shape index (κ2) is 17.1. The van der Waals surface area contributed by atoms with E-state index in [1.807, 2.05) is 62.9 Å². The molecule has 2 bridgehead atoms. The van der Waals surface area contributed by atoms with Crippen LogP contribution in [0.5, 0.6) is 11.8 Å². The van der Waals surface area contributed by atoms with Crippen LogP contribution in [0.2, 0.25) is 0 Å². The van der Waals surface area contributed by atoms with E-state index in [2.05, 4.69) is 21.2 Å². The number of imide groups is 1. The molecular weight excluding hydrogens is 844 g/mol. The number of amides is 4. The third-order valence-corrected chi connectivity index (χ3v) is 14.0. The number of aromatic nitrogens is 3. The smallest absolute Gasteiger partial charge is 0.410 e. The number of piperidine rings is 2. The monoisotopic (exact) mass is 898 g/mol. The number of hydrogen-bond acceptors (Lipinski definition) is 12. The van der Waals surface area contributed by atoms with Crippen molar-refractivity contribution in [2.24, 2.45) is 0 Å². The Balaban J connectivity index is 0.874. The second-order valence-electron chi connectivity index (χ2n) is 19.3. The molecule has 2 N–H and O–H groups in total. The van der Waals surface area contributed by atoms with Crippen LogP contribution in [0.4, 0.5) is 15.0 Å². The number of carbonyl (C=O) groups is 4. The quantitative estimate of drug-likeness (QED) is 0.148. The minimum absolute atomic E-state index is 0.00238. The zero-order valence-electron chi connectivity index (χ0n) is 37.8. The SMILES string of the molecule is CCc1cccc2cc(O)cc(-c3ncc4c(N5CC6CCC(C5)N6C(=O)OC(C)(C)C)nc(OCCN5CCC(c6ccc7c(c6)C(=O)N(C6CCC(=O)NC6=O)C7)CC5)nc4c3F)c12. The van der Waals surface area contributed by atoms with Crippen LogP contribution in [0.1, 0.15) is 99.2 Å².